The smallest absolute Gasteiger partial charge is 0.254 e. The van der Waals surface area contributed by atoms with E-state index in [1.807, 2.05) is 36.1 Å². The van der Waals surface area contributed by atoms with Gasteiger partial charge in [-0.2, -0.15) is 4.98 Å². The number of ether oxygens (including phenoxy) is 2. The van der Waals surface area contributed by atoms with E-state index in [9.17, 15) is 4.79 Å². The molecule has 2 N–H and O–H groups in total. The van der Waals surface area contributed by atoms with Crippen molar-refractivity contribution in [3.63, 3.8) is 0 Å². The van der Waals surface area contributed by atoms with Crippen molar-refractivity contribution in [2.45, 2.75) is 19.1 Å². The number of hydrogen-bond acceptors (Lipinski definition) is 8. The molecule has 0 radical (unpaired) electrons. The standard InChI is InChI=1S/C29H31N7O3/c1-34(2)14-17-12-24(33-29-26(17)36-10-11-38-15-18(36)16-39-29)32-23-5-4-19(22-13-31-28(37)25(22)23)20-6-8-30-27-21(20)7-9-35(27)3/h4-9,12,18H,10-11,13-16H2,1-3H3,(H,31,37)(H,32,33)/t18-/m0/s1. The van der Waals surface area contributed by atoms with Gasteiger partial charge in [-0.3, -0.25) is 4.79 Å². The van der Waals surface area contributed by atoms with E-state index >= 15 is 0 Å². The van der Waals surface area contributed by atoms with Crippen molar-refractivity contribution in [2.75, 3.05) is 50.7 Å². The number of nitrogens with zero attached hydrogens (tertiary/aromatic N) is 5. The number of pyridine rings is 2. The van der Waals surface area contributed by atoms with Gasteiger partial charge >= 0.3 is 0 Å². The van der Waals surface area contributed by atoms with Gasteiger partial charge in [-0.05, 0) is 60.6 Å². The van der Waals surface area contributed by atoms with Crippen LogP contribution in [-0.2, 0) is 24.9 Å². The van der Waals surface area contributed by atoms with E-state index in [-0.39, 0.29) is 11.9 Å². The molecular weight excluding hydrogens is 494 g/mol. The molecule has 0 unspecified atom stereocenters. The number of benzene rings is 1. The number of aryl methyl sites for hydroxylation is 1. The second kappa shape index (κ2) is 9.25. The first-order valence-corrected chi connectivity index (χ1v) is 13.3. The largest absolute Gasteiger partial charge is 0.474 e. The number of nitrogens with one attached hydrogen (secondary N) is 2. The lowest BCUT2D eigenvalue weighted by molar-refractivity contribution is 0.0690. The van der Waals surface area contributed by atoms with Crippen LogP contribution in [0.25, 0.3) is 22.2 Å². The molecule has 4 aromatic rings. The van der Waals surface area contributed by atoms with Gasteiger partial charge in [-0.15, -0.1) is 0 Å². The van der Waals surface area contributed by atoms with E-state index in [1.165, 1.54) is 0 Å². The molecule has 1 amide bonds. The summed E-state index contributed by atoms with van der Waals surface area (Å²) in [6, 6.07) is 10.4. The number of morpholine rings is 1. The third-order valence-corrected chi connectivity index (χ3v) is 7.74. The Morgan fingerprint density at radius 1 is 1.18 bits per heavy atom. The van der Waals surface area contributed by atoms with Crippen LogP contribution in [0.5, 0.6) is 5.88 Å². The van der Waals surface area contributed by atoms with E-state index in [4.69, 9.17) is 14.5 Å². The molecule has 3 aliphatic heterocycles. The monoisotopic (exact) mass is 525 g/mol. The number of rotatable bonds is 5. The van der Waals surface area contributed by atoms with Gasteiger partial charge in [0.1, 0.15) is 23.8 Å². The van der Waals surface area contributed by atoms with Gasteiger partial charge in [0.05, 0.1) is 30.5 Å². The summed E-state index contributed by atoms with van der Waals surface area (Å²) in [4.78, 5) is 27.0. The first-order valence-electron chi connectivity index (χ1n) is 13.3. The summed E-state index contributed by atoms with van der Waals surface area (Å²) in [5, 5.41) is 7.54. The average Bonchev–Trinajstić information content (AvgIpc) is 3.51. The van der Waals surface area contributed by atoms with Crippen LogP contribution in [0.15, 0.2) is 42.7 Å². The molecule has 0 saturated carbocycles. The van der Waals surface area contributed by atoms with Crippen molar-refractivity contribution < 1.29 is 14.3 Å². The zero-order chi connectivity index (χ0) is 26.7. The van der Waals surface area contributed by atoms with E-state index in [0.29, 0.717) is 43.6 Å². The van der Waals surface area contributed by atoms with E-state index in [2.05, 4.69) is 57.7 Å². The summed E-state index contributed by atoms with van der Waals surface area (Å²) in [7, 11) is 6.10. The summed E-state index contributed by atoms with van der Waals surface area (Å²) in [5.74, 6) is 1.18. The molecule has 10 heteroatoms. The Balaban J connectivity index is 1.30. The van der Waals surface area contributed by atoms with Crippen LogP contribution in [0, 0.1) is 0 Å². The second-order valence-corrected chi connectivity index (χ2v) is 10.6. The molecule has 6 heterocycles. The minimum absolute atomic E-state index is 0.0911. The lowest BCUT2D eigenvalue weighted by Crippen LogP contribution is -2.51. The molecule has 1 fully saturated rings. The molecule has 1 saturated heterocycles. The number of anilines is 3. The van der Waals surface area contributed by atoms with Gasteiger partial charge in [-0.1, -0.05) is 6.07 Å². The number of aromatic nitrogens is 3. The summed E-state index contributed by atoms with van der Waals surface area (Å²) in [6.45, 7) is 3.91. The number of amides is 1. The van der Waals surface area contributed by atoms with Gasteiger partial charge in [0.15, 0.2) is 0 Å². The van der Waals surface area contributed by atoms with Crippen LogP contribution >= 0.6 is 0 Å². The Bertz CT molecular complexity index is 1610. The fraction of sp³-hybridized carbons (Fsp3) is 0.345. The average molecular weight is 526 g/mol. The minimum Gasteiger partial charge on any atom is -0.474 e. The SMILES string of the molecule is CN(C)Cc1cc(Nc2ccc(-c3ccnc4c3ccn4C)c3c2C(=O)NC3)nc2c1N1CCOC[C@H]1CO2. The molecule has 1 aromatic carbocycles. The minimum atomic E-state index is -0.0911. The van der Waals surface area contributed by atoms with Gasteiger partial charge in [-0.25, -0.2) is 4.98 Å². The quantitative estimate of drug-likeness (QED) is 0.410. The summed E-state index contributed by atoms with van der Waals surface area (Å²) in [5.41, 5.74) is 7.52. The Morgan fingerprint density at radius 2 is 2.08 bits per heavy atom. The summed E-state index contributed by atoms with van der Waals surface area (Å²) in [6.07, 6.45) is 3.83. The van der Waals surface area contributed by atoms with Crippen LogP contribution in [-0.4, -0.2) is 71.8 Å². The number of fused-ring (bicyclic) bond motifs is 5. The lowest BCUT2D eigenvalue weighted by Gasteiger charge is -2.42. The van der Waals surface area contributed by atoms with E-state index in [1.54, 1.807) is 0 Å². The Morgan fingerprint density at radius 3 is 2.95 bits per heavy atom. The molecule has 0 spiro atoms. The Hall–Kier alpha value is -4.15. The van der Waals surface area contributed by atoms with Gasteiger partial charge in [0.25, 0.3) is 5.91 Å². The molecule has 200 valence electrons. The number of hydrogen-bond donors (Lipinski definition) is 2. The highest BCUT2D eigenvalue weighted by Crippen LogP contribution is 2.41. The van der Waals surface area contributed by atoms with Crippen molar-refractivity contribution in [3.05, 3.63) is 59.4 Å². The fourth-order valence-electron chi connectivity index (χ4n) is 6.00. The molecule has 39 heavy (non-hydrogen) atoms. The maximum absolute atomic E-state index is 13.1. The summed E-state index contributed by atoms with van der Waals surface area (Å²) >= 11 is 0. The highest BCUT2D eigenvalue weighted by molar-refractivity contribution is 6.07. The molecule has 0 bridgehead atoms. The lowest BCUT2D eigenvalue weighted by atomic mass is 9.94. The topological polar surface area (TPSA) is 96.8 Å². The number of carbonyl (C=O) groups excluding carboxylic acids is 1. The van der Waals surface area contributed by atoms with Crippen LogP contribution < -0.4 is 20.3 Å². The van der Waals surface area contributed by atoms with Crippen molar-refractivity contribution >= 4 is 34.1 Å². The number of carbonyl (C=O) groups is 1. The predicted octanol–water partition coefficient (Wildman–Crippen LogP) is 3.28. The molecule has 0 aliphatic carbocycles. The normalized spacial score (nSPS) is 18.0. The van der Waals surface area contributed by atoms with Gasteiger partial charge < -0.3 is 34.5 Å². The second-order valence-electron chi connectivity index (χ2n) is 10.6. The molecular formula is C29H31N7O3. The van der Waals surface area contributed by atoms with Crippen molar-refractivity contribution in [2.24, 2.45) is 7.05 Å². The van der Waals surface area contributed by atoms with Gasteiger partial charge in [0.2, 0.25) is 5.88 Å². The van der Waals surface area contributed by atoms with Gasteiger partial charge in [0, 0.05) is 44.5 Å². The highest BCUT2D eigenvalue weighted by atomic mass is 16.5. The van der Waals surface area contributed by atoms with Crippen LogP contribution in [0.3, 0.4) is 0 Å². The first-order chi connectivity index (χ1) is 19.0. The molecule has 7 rings (SSSR count). The van der Waals surface area contributed by atoms with Crippen LogP contribution in [0.4, 0.5) is 17.2 Å². The third kappa shape index (κ3) is 3.98. The maximum Gasteiger partial charge on any atom is 0.254 e. The highest BCUT2D eigenvalue weighted by Gasteiger charge is 2.34. The zero-order valence-corrected chi connectivity index (χ0v) is 22.3. The zero-order valence-electron chi connectivity index (χ0n) is 22.3. The summed E-state index contributed by atoms with van der Waals surface area (Å²) < 4.78 is 13.8. The molecule has 3 aromatic heterocycles. The molecule has 1 atom stereocenters. The van der Waals surface area contributed by atoms with Crippen molar-refractivity contribution in [1.29, 1.82) is 0 Å². The molecule has 3 aliphatic rings. The fourth-order valence-corrected chi connectivity index (χ4v) is 6.00. The van der Waals surface area contributed by atoms with Crippen molar-refractivity contribution in [3.8, 4) is 17.0 Å². The maximum atomic E-state index is 13.1. The van der Waals surface area contributed by atoms with Crippen molar-refractivity contribution in [1.82, 2.24) is 24.8 Å². The Labute approximate surface area is 226 Å². The first kappa shape index (κ1) is 23.9. The van der Waals surface area contributed by atoms with E-state index < -0.39 is 0 Å². The third-order valence-electron chi connectivity index (χ3n) is 7.74. The molecule has 10 nitrogen and oxygen atoms in total. The van der Waals surface area contributed by atoms with Crippen LogP contribution in [0.1, 0.15) is 21.5 Å². The van der Waals surface area contributed by atoms with E-state index in [0.717, 1.165) is 57.8 Å². The van der Waals surface area contributed by atoms with Crippen LogP contribution in [0.2, 0.25) is 0 Å². The predicted molar refractivity (Wildman–Crippen MR) is 150 cm³/mol. The Kier molecular flexibility index (Phi) is 5.67.